The maximum atomic E-state index is 12.9. The van der Waals surface area contributed by atoms with E-state index in [0.717, 1.165) is 25.0 Å². The van der Waals surface area contributed by atoms with E-state index in [-0.39, 0.29) is 29.6 Å². The zero-order chi connectivity index (χ0) is 21.2. The van der Waals surface area contributed by atoms with Crippen LogP contribution in [-0.4, -0.2) is 43.0 Å². The van der Waals surface area contributed by atoms with Gasteiger partial charge in [-0.3, -0.25) is 9.59 Å². The van der Waals surface area contributed by atoms with Crippen molar-refractivity contribution in [2.75, 3.05) is 31.6 Å². The van der Waals surface area contributed by atoms with Crippen LogP contribution >= 0.6 is 0 Å². The zero-order valence-electron chi connectivity index (χ0n) is 16.7. The molecule has 160 valence electrons. The Labute approximate surface area is 168 Å². The van der Waals surface area contributed by atoms with Gasteiger partial charge in [-0.1, -0.05) is 0 Å². The van der Waals surface area contributed by atoms with Gasteiger partial charge in [-0.25, -0.2) is 0 Å². The van der Waals surface area contributed by atoms with Crippen LogP contribution in [0.2, 0.25) is 0 Å². The quantitative estimate of drug-likeness (QED) is 0.722. The Morgan fingerprint density at radius 3 is 2.41 bits per heavy atom. The summed E-state index contributed by atoms with van der Waals surface area (Å²) in [7, 11) is 0. The number of aryl methyl sites for hydroxylation is 1. The molecule has 8 heteroatoms. The summed E-state index contributed by atoms with van der Waals surface area (Å²) in [6.45, 7) is 5.51. The van der Waals surface area contributed by atoms with E-state index in [2.05, 4.69) is 5.32 Å². The average molecular weight is 412 g/mol. The molecule has 0 spiro atoms. The number of likely N-dealkylation sites (tertiary alicyclic amines) is 1. The first-order valence-electron chi connectivity index (χ1n) is 10.0. The van der Waals surface area contributed by atoms with Gasteiger partial charge in [0.25, 0.3) is 0 Å². The molecule has 1 aliphatic carbocycles. The van der Waals surface area contributed by atoms with Gasteiger partial charge in [-0.05, 0) is 62.3 Å². The number of rotatable bonds is 6. The molecule has 1 aromatic rings. The molecule has 0 aromatic heterocycles. The van der Waals surface area contributed by atoms with Gasteiger partial charge in [-0.15, -0.1) is 0 Å². The van der Waals surface area contributed by atoms with E-state index >= 15 is 0 Å². The van der Waals surface area contributed by atoms with E-state index in [1.54, 1.807) is 6.92 Å². The Morgan fingerprint density at radius 1 is 1.21 bits per heavy atom. The largest absolute Gasteiger partial charge is 0.416 e. The van der Waals surface area contributed by atoms with Gasteiger partial charge in [0, 0.05) is 31.3 Å². The number of carbonyl (C=O) groups is 2. The van der Waals surface area contributed by atoms with Crippen molar-refractivity contribution in [3.8, 4) is 0 Å². The van der Waals surface area contributed by atoms with Gasteiger partial charge < -0.3 is 15.0 Å². The number of nitrogens with zero attached hydrogens (tertiary/aromatic N) is 1. The van der Waals surface area contributed by atoms with Crippen molar-refractivity contribution in [3.05, 3.63) is 29.3 Å². The van der Waals surface area contributed by atoms with E-state index in [0.29, 0.717) is 44.0 Å². The van der Waals surface area contributed by atoms with Crippen molar-refractivity contribution in [2.45, 2.75) is 39.3 Å². The SMILES string of the molecule is CCOCCC(=O)N1C[C@@H]2CC[C@@H](C1)C2C(=O)Nc1ccc(C(F)(F)F)cc1C. The lowest BCUT2D eigenvalue weighted by atomic mass is 9.84. The number of benzene rings is 1. The Bertz CT molecular complexity index is 752. The fraction of sp³-hybridized carbons (Fsp3) is 0.619. The highest BCUT2D eigenvalue weighted by atomic mass is 19.4. The number of anilines is 1. The van der Waals surface area contributed by atoms with Crippen LogP contribution < -0.4 is 5.32 Å². The van der Waals surface area contributed by atoms with E-state index in [1.807, 2.05) is 11.8 Å². The second-order valence-electron chi connectivity index (χ2n) is 7.89. The van der Waals surface area contributed by atoms with Crippen LogP contribution in [-0.2, 0) is 20.5 Å². The number of piperidine rings is 1. The summed E-state index contributed by atoms with van der Waals surface area (Å²) in [5.41, 5.74) is 0.0496. The van der Waals surface area contributed by atoms with E-state index in [9.17, 15) is 22.8 Å². The summed E-state index contributed by atoms with van der Waals surface area (Å²) in [6.07, 6.45) is -2.31. The number of hydrogen-bond acceptors (Lipinski definition) is 3. The second kappa shape index (κ2) is 8.73. The minimum atomic E-state index is -4.41. The number of fused-ring (bicyclic) bond motifs is 2. The Kier molecular flexibility index (Phi) is 6.51. The molecule has 1 saturated heterocycles. The highest BCUT2D eigenvalue weighted by Gasteiger charge is 2.46. The molecule has 3 rings (SSSR count). The molecular formula is C21H27F3N2O3. The van der Waals surface area contributed by atoms with Crippen LogP contribution in [0, 0.1) is 24.7 Å². The molecule has 0 unspecified atom stereocenters. The topological polar surface area (TPSA) is 58.6 Å². The van der Waals surface area contributed by atoms with Crippen LogP contribution in [0.4, 0.5) is 18.9 Å². The van der Waals surface area contributed by atoms with Gasteiger partial charge >= 0.3 is 6.18 Å². The maximum absolute atomic E-state index is 12.9. The lowest BCUT2D eigenvalue weighted by Crippen LogP contribution is -2.48. The van der Waals surface area contributed by atoms with Crippen LogP contribution in [0.25, 0.3) is 0 Å². The molecule has 2 fully saturated rings. The lowest BCUT2D eigenvalue weighted by Gasteiger charge is -2.37. The van der Waals surface area contributed by atoms with Crippen molar-refractivity contribution in [1.82, 2.24) is 4.90 Å². The molecule has 1 saturated carbocycles. The Morgan fingerprint density at radius 2 is 1.86 bits per heavy atom. The molecule has 0 radical (unpaired) electrons. The van der Waals surface area contributed by atoms with Gasteiger partial charge in [0.1, 0.15) is 0 Å². The van der Waals surface area contributed by atoms with Gasteiger partial charge in [0.15, 0.2) is 0 Å². The molecule has 1 heterocycles. The van der Waals surface area contributed by atoms with Crippen molar-refractivity contribution >= 4 is 17.5 Å². The summed E-state index contributed by atoms with van der Waals surface area (Å²) in [5, 5.41) is 2.82. The van der Waals surface area contributed by atoms with E-state index < -0.39 is 11.7 Å². The van der Waals surface area contributed by atoms with E-state index in [4.69, 9.17) is 4.74 Å². The standard InChI is InChI=1S/C21H27F3N2O3/c1-3-29-9-8-18(27)26-11-14-4-5-15(12-26)19(14)20(28)25-17-7-6-16(10-13(17)2)21(22,23)24/h6-7,10,14-15,19H,3-5,8-9,11-12H2,1-2H3,(H,25,28)/t14-,15-/m0/s1. The fourth-order valence-corrected chi connectivity index (χ4v) is 4.51. The highest BCUT2D eigenvalue weighted by Crippen LogP contribution is 2.43. The van der Waals surface area contributed by atoms with Crippen LogP contribution in [0.5, 0.6) is 0 Å². The van der Waals surface area contributed by atoms with Crippen LogP contribution in [0.1, 0.15) is 37.3 Å². The number of halogens is 3. The molecule has 2 aliphatic rings. The predicted molar refractivity (Wildman–Crippen MR) is 102 cm³/mol. The summed E-state index contributed by atoms with van der Waals surface area (Å²) in [4.78, 5) is 27.1. The summed E-state index contributed by atoms with van der Waals surface area (Å²) >= 11 is 0. The maximum Gasteiger partial charge on any atom is 0.416 e. The van der Waals surface area contributed by atoms with Crippen molar-refractivity contribution in [2.24, 2.45) is 17.8 Å². The van der Waals surface area contributed by atoms with Crippen molar-refractivity contribution < 1.29 is 27.5 Å². The predicted octanol–water partition coefficient (Wildman–Crippen LogP) is 3.86. The minimum absolute atomic E-state index is 0.0489. The average Bonchev–Trinajstić information content (AvgIpc) is 2.92. The Balaban J connectivity index is 1.62. The molecule has 5 nitrogen and oxygen atoms in total. The second-order valence-corrected chi connectivity index (χ2v) is 7.89. The monoisotopic (exact) mass is 412 g/mol. The molecule has 2 amide bonds. The first-order valence-corrected chi connectivity index (χ1v) is 10.0. The lowest BCUT2D eigenvalue weighted by molar-refractivity contribution is -0.138. The molecule has 29 heavy (non-hydrogen) atoms. The number of ether oxygens (including phenoxy) is 1. The number of carbonyl (C=O) groups excluding carboxylic acids is 2. The van der Waals surface area contributed by atoms with Gasteiger partial charge in [0.2, 0.25) is 11.8 Å². The first kappa shape index (κ1) is 21.6. The smallest absolute Gasteiger partial charge is 0.381 e. The molecule has 2 bridgehead atoms. The molecule has 1 aromatic carbocycles. The third-order valence-electron chi connectivity index (χ3n) is 5.97. The highest BCUT2D eigenvalue weighted by molar-refractivity contribution is 5.94. The third kappa shape index (κ3) is 4.91. The number of amides is 2. The minimum Gasteiger partial charge on any atom is -0.381 e. The first-order chi connectivity index (χ1) is 13.7. The number of hydrogen-bond donors (Lipinski definition) is 1. The van der Waals surface area contributed by atoms with Crippen molar-refractivity contribution in [3.63, 3.8) is 0 Å². The summed E-state index contributed by atoms with van der Waals surface area (Å²) in [5.74, 6) is -0.165. The number of alkyl halides is 3. The fourth-order valence-electron chi connectivity index (χ4n) is 4.51. The van der Waals surface area contributed by atoms with Crippen LogP contribution in [0.15, 0.2) is 18.2 Å². The molecular weight excluding hydrogens is 385 g/mol. The zero-order valence-corrected chi connectivity index (χ0v) is 16.7. The third-order valence-corrected chi connectivity index (χ3v) is 5.97. The molecule has 1 aliphatic heterocycles. The summed E-state index contributed by atoms with van der Waals surface area (Å²) in [6, 6.07) is 3.34. The van der Waals surface area contributed by atoms with Gasteiger partial charge in [0.05, 0.1) is 18.6 Å². The summed E-state index contributed by atoms with van der Waals surface area (Å²) < 4.78 is 43.8. The van der Waals surface area contributed by atoms with Crippen molar-refractivity contribution in [1.29, 1.82) is 0 Å². The molecule has 2 atom stereocenters. The molecule has 1 N–H and O–H groups in total. The van der Waals surface area contributed by atoms with E-state index in [1.165, 1.54) is 6.07 Å². The Hall–Kier alpha value is -2.09. The van der Waals surface area contributed by atoms with Gasteiger partial charge in [-0.2, -0.15) is 13.2 Å². The normalized spacial score (nSPS) is 23.9. The number of nitrogens with one attached hydrogen (secondary N) is 1. The van der Waals surface area contributed by atoms with Crippen LogP contribution in [0.3, 0.4) is 0 Å².